The van der Waals surface area contributed by atoms with Crippen molar-refractivity contribution in [2.24, 2.45) is 4.99 Å². The summed E-state index contributed by atoms with van der Waals surface area (Å²) in [6, 6.07) is 10.0. The molecule has 0 saturated heterocycles. The second-order valence-electron chi connectivity index (χ2n) is 5.73. The molecule has 7 nitrogen and oxygen atoms in total. The highest BCUT2D eigenvalue weighted by Gasteiger charge is 2.12. The van der Waals surface area contributed by atoms with Gasteiger partial charge in [0.05, 0.1) is 5.75 Å². The minimum absolute atomic E-state index is 0. The summed E-state index contributed by atoms with van der Waals surface area (Å²) >= 11 is 1.58. The molecular weight excluding hydrogens is 499 g/mol. The van der Waals surface area contributed by atoms with Crippen LogP contribution in [-0.4, -0.2) is 51.9 Å². The largest absolute Gasteiger partial charge is 0.386 e. The summed E-state index contributed by atoms with van der Waals surface area (Å²) in [6.07, 6.45) is 0.0148. The molecule has 0 aliphatic rings. The van der Waals surface area contributed by atoms with E-state index in [-0.39, 0.29) is 29.7 Å². The molecule has 27 heavy (non-hydrogen) atoms. The first-order chi connectivity index (χ1) is 12.4. The molecular formula is C17H27IN4O3S2. The van der Waals surface area contributed by atoms with Gasteiger partial charge in [0, 0.05) is 36.3 Å². The van der Waals surface area contributed by atoms with E-state index in [9.17, 15) is 13.5 Å². The van der Waals surface area contributed by atoms with Gasteiger partial charge in [0.1, 0.15) is 6.10 Å². The molecule has 1 heterocycles. The Morgan fingerprint density at radius 1 is 1.26 bits per heavy atom. The van der Waals surface area contributed by atoms with Gasteiger partial charge in [-0.25, -0.2) is 13.1 Å². The Kier molecular flexibility index (Phi) is 10.5. The molecule has 0 fully saturated rings. The molecule has 152 valence electrons. The van der Waals surface area contributed by atoms with Crippen LogP contribution in [0.2, 0.25) is 0 Å². The van der Waals surface area contributed by atoms with E-state index in [1.54, 1.807) is 25.3 Å². The summed E-state index contributed by atoms with van der Waals surface area (Å²) in [5.41, 5.74) is 0. The summed E-state index contributed by atoms with van der Waals surface area (Å²) in [6.45, 7) is 2.90. The number of rotatable bonds is 9. The van der Waals surface area contributed by atoms with Crippen LogP contribution in [-0.2, 0) is 10.0 Å². The highest BCUT2D eigenvalue weighted by molar-refractivity contribution is 14.0. The van der Waals surface area contributed by atoms with Gasteiger partial charge in [0.15, 0.2) is 5.96 Å². The van der Waals surface area contributed by atoms with Crippen molar-refractivity contribution in [3.05, 3.63) is 35.2 Å². The highest BCUT2D eigenvalue weighted by Crippen LogP contribution is 2.29. The zero-order valence-corrected chi connectivity index (χ0v) is 19.4. The molecule has 1 aromatic heterocycles. The minimum atomic E-state index is -3.14. The Hall–Kier alpha value is -0.950. The zero-order valence-electron chi connectivity index (χ0n) is 15.4. The van der Waals surface area contributed by atoms with Crippen LogP contribution < -0.4 is 15.4 Å². The maximum atomic E-state index is 11.3. The van der Waals surface area contributed by atoms with Crippen molar-refractivity contribution >= 4 is 61.4 Å². The second-order valence-corrected chi connectivity index (χ2v) is 8.94. The number of sulfonamides is 1. The van der Waals surface area contributed by atoms with Gasteiger partial charge in [-0.1, -0.05) is 18.2 Å². The number of hydrogen-bond acceptors (Lipinski definition) is 5. The monoisotopic (exact) mass is 526 g/mol. The van der Waals surface area contributed by atoms with E-state index in [1.807, 2.05) is 30.3 Å². The van der Waals surface area contributed by atoms with Crippen LogP contribution in [0.5, 0.6) is 0 Å². The number of guanidine groups is 1. The number of nitrogens with one attached hydrogen (secondary N) is 3. The molecule has 10 heteroatoms. The number of fused-ring (bicyclic) bond motifs is 1. The number of aliphatic imine (C=N–C) groups is 1. The Morgan fingerprint density at radius 3 is 2.67 bits per heavy atom. The van der Waals surface area contributed by atoms with Crippen LogP contribution in [0.15, 0.2) is 35.3 Å². The average molecular weight is 526 g/mol. The maximum absolute atomic E-state index is 11.3. The van der Waals surface area contributed by atoms with Gasteiger partial charge in [0.2, 0.25) is 10.0 Å². The predicted octanol–water partition coefficient (Wildman–Crippen LogP) is 2.05. The molecule has 0 amide bonds. The van der Waals surface area contributed by atoms with E-state index in [4.69, 9.17) is 0 Å². The number of nitrogens with zero attached hydrogens (tertiary/aromatic N) is 1. The van der Waals surface area contributed by atoms with Crippen molar-refractivity contribution in [2.75, 3.05) is 32.4 Å². The Bertz CT molecular complexity index is 807. The minimum Gasteiger partial charge on any atom is -0.386 e. The van der Waals surface area contributed by atoms with Crippen molar-refractivity contribution < 1.29 is 13.5 Å². The molecule has 0 aliphatic heterocycles. The summed E-state index contributed by atoms with van der Waals surface area (Å²) in [5, 5.41) is 17.7. The average Bonchev–Trinajstić information content (AvgIpc) is 3.08. The molecule has 1 unspecified atom stereocenters. The van der Waals surface area contributed by atoms with Gasteiger partial charge in [-0.05, 0) is 30.9 Å². The summed E-state index contributed by atoms with van der Waals surface area (Å²) in [5.74, 6) is 0.655. The lowest BCUT2D eigenvalue weighted by molar-refractivity contribution is 0.184. The highest BCUT2D eigenvalue weighted by atomic mass is 127. The van der Waals surface area contributed by atoms with Crippen LogP contribution in [0.1, 0.15) is 24.3 Å². The third kappa shape index (κ3) is 7.90. The Labute approximate surface area is 181 Å². The van der Waals surface area contributed by atoms with Crippen LogP contribution in [0.4, 0.5) is 0 Å². The number of aliphatic hydroxyl groups excluding tert-OH is 1. The molecule has 0 aliphatic carbocycles. The molecule has 1 aromatic carbocycles. The fourth-order valence-electron chi connectivity index (χ4n) is 2.31. The quantitative estimate of drug-likeness (QED) is 0.173. The molecule has 0 saturated carbocycles. The van der Waals surface area contributed by atoms with Gasteiger partial charge in [-0.15, -0.1) is 35.3 Å². The van der Waals surface area contributed by atoms with Crippen LogP contribution in [0.25, 0.3) is 10.1 Å². The first-order valence-corrected chi connectivity index (χ1v) is 11.0. The van der Waals surface area contributed by atoms with E-state index in [1.165, 1.54) is 0 Å². The maximum Gasteiger partial charge on any atom is 0.211 e. The van der Waals surface area contributed by atoms with Gasteiger partial charge >= 0.3 is 0 Å². The zero-order chi connectivity index (χ0) is 19.0. The van der Waals surface area contributed by atoms with Crippen LogP contribution in [0, 0.1) is 0 Å². The van der Waals surface area contributed by atoms with Gasteiger partial charge in [-0.3, -0.25) is 4.99 Å². The molecule has 0 bridgehead atoms. The van der Waals surface area contributed by atoms with Crippen LogP contribution in [0.3, 0.4) is 0 Å². The third-order valence-electron chi connectivity index (χ3n) is 3.81. The van der Waals surface area contributed by atoms with E-state index in [2.05, 4.69) is 20.3 Å². The number of halogens is 1. The molecule has 2 aromatic rings. The third-order valence-corrected chi connectivity index (χ3v) is 6.43. The fourth-order valence-corrected chi connectivity index (χ4v) is 4.02. The molecule has 1 atom stereocenters. The number of thiophene rings is 1. The summed E-state index contributed by atoms with van der Waals surface area (Å²) in [7, 11) is -1.49. The standard InChI is InChI=1S/C17H26N4O3S2.HI/c1-3-26(23,24)21-10-6-9-19-17(18-2)20-12-14(22)16-11-13-7-4-5-8-15(13)25-16;/h4-5,7-8,11,14,21-22H,3,6,9-10,12H2,1-2H3,(H2,18,19,20);1H. The van der Waals surface area contributed by atoms with E-state index < -0.39 is 16.1 Å². The Balaban J connectivity index is 0.00000364. The molecule has 4 N–H and O–H groups in total. The fraction of sp³-hybridized carbons (Fsp3) is 0.471. The van der Waals surface area contributed by atoms with Crippen molar-refractivity contribution in [2.45, 2.75) is 19.4 Å². The lowest BCUT2D eigenvalue weighted by Crippen LogP contribution is -2.40. The van der Waals surface area contributed by atoms with E-state index >= 15 is 0 Å². The van der Waals surface area contributed by atoms with Crippen molar-refractivity contribution in [1.82, 2.24) is 15.4 Å². The topological polar surface area (TPSA) is 103 Å². The van der Waals surface area contributed by atoms with E-state index in [0.29, 0.717) is 32.0 Å². The van der Waals surface area contributed by atoms with Crippen molar-refractivity contribution in [3.8, 4) is 0 Å². The smallest absolute Gasteiger partial charge is 0.211 e. The molecule has 2 rings (SSSR count). The van der Waals surface area contributed by atoms with Crippen molar-refractivity contribution in [1.29, 1.82) is 0 Å². The molecule has 0 radical (unpaired) electrons. The number of aliphatic hydroxyl groups is 1. The molecule has 0 spiro atoms. The number of hydrogen-bond donors (Lipinski definition) is 4. The SMILES string of the molecule is CCS(=O)(=O)NCCCNC(=NC)NCC(O)c1cc2ccccc2s1.I. The number of benzene rings is 1. The second kappa shape index (κ2) is 11.8. The van der Waals surface area contributed by atoms with E-state index in [0.717, 1.165) is 15.0 Å². The predicted molar refractivity (Wildman–Crippen MR) is 124 cm³/mol. The van der Waals surface area contributed by atoms with Gasteiger partial charge in [0.25, 0.3) is 0 Å². The first-order valence-electron chi connectivity index (χ1n) is 8.53. The lowest BCUT2D eigenvalue weighted by atomic mass is 10.2. The summed E-state index contributed by atoms with van der Waals surface area (Å²) in [4.78, 5) is 5.01. The van der Waals surface area contributed by atoms with Crippen LogP contribution >= 0.6 is 35.3 Å². The lowest BCUT2D eigenvalue weighted by Gasteiger charge is -2.14. The summed E-state index contributed by atoms with van der Waals surface area (Å²) < 4.78 is 26.3. The van der Waals surface area contributed by atoms with Gasteiger partial charge < -0.3 is 15.7 Å². The first kappa shape index (κ1) is 24.1. The van der Waals surface area contributed by atoms with Crippen molar-refractivity contribution in [3.63, 3.8) is 0 Å². The Morgan fingerprint density at radius 2 is 2.00 bits per heavy atom. The normalized spacial score (nSPS) is 13.2. The van der Waals surface area contributed by atoms with Gasteiger partial charge in [-0.2, -0.15) is 0 Å².